The summed E-state index contributed by atoms with van der Waals surface area (Å²) in [7, 11) is -5.17. The minimum atomic E-state index is -5.17. The fraction of sp³-hybridized carbons (Fsp3) is 0.0833. The minimum absolute atomic E-state index is 0.946. The van der Waals surface area contributed by atoms with Gasteiger partial charge in [-0.15, -0.1) is 0 Å². The fourth-order valence-corrected chi connectivity index (χ4v) is 2.67. The molecule has 0 spiro atoms. The van der Waals surface area contributed by atoms with Crippen LogP contribution < -0.4 is 9.13 Å². The van der Waals surface area contributed by atoms with Crippen molar-refractivity contribution in [2.45, 2.75) is 13.1 Å². The van der Waals surface area contributed by atoms with Crippen LogP contribution in [0.1, 0.15) is 11.1 Å². The first kappa shape index (κ1) is 23.9. The van der Waals surface area contributed by atoms with Crippen molar-refractivity contribution in [1.29, 1.82) is 0 Å². The van der Waals surface area contributed by atoms with Crippen molar-refractivity contribution >= 4 is 10.4 Å². The Kier molecular flexibility index (Phi) is 10.0. The Hall–Kier alpha value is -3.39. The first-order valence-electron chi connectivity index (χ1n) is 9.53. The molecule has 0 amide bonds. The summed E-state index contributed by atoms with van der Waals surface area (Å²) in [5.74, 6) is 0. The van der Waals surface area contributed by atoms with Crippen LogP contribution in [0, 0.1) is 0 Å². The molecule has 0 aliphatic heterocycles. The summed E-state index contributed by atoms with van der Waals surface area (Å²) in [6.45, 7) is 1.89. The average molecular weight is 437 g/mol. The van der Waals surface area contributed by atoms with Crippen LogP contribution in [-0.2, 0) is 23.5 Å². The predicted molar refractivity (Wildman–Crippen MR) is 115 cm³/mol. The smallest absolute Gasteiger partial charge is 0.173 e. The molecule has 0 unspecified atom stereocenters. The van der Waals surface area contributed by atoms with E-state index < -0.39 is 10.4 Å². The van der Waals surface area contributed by atoms with Crippen LogP contribution in [0.2, 0.25) is 0 Å². The molecule has 0 saturated heterocycles. The van der Waals surface area contributed by atoms with Crippen molar-refractivity contribution in [2.24, 2.45) is 0 Å². The van der Waals surface area contributed by atoms with Crippen molar-refractivity contribution in [3.63, 3.8) is 0 Å². The van der Waals surface area contributed by atoms with E-state index >= 15 is 0 Å². The van der Waals surface area contributed by atoms with Crippen molar-refractivity contribution in [2.75, 3.05) is 0 Å². The molecule has 0 atom stereocenters. The lowest BCUT2D eigenvalue weighted by molar-refractivity contribution is -0.688. The van der Waals surface area contributed by atoms with Crippen LogP contribution in [0.25, 0.3) is 0 Å². The van der Waals surface area contributed by atoms with Gasteiger partial charge in [-0.25, -0.2) is 9.13 Å². The summed E-state index contributed by atoms with van der Waals surface area (Å²) in [6.07, 6.45) is 8.31. The highest BCUT2D eigenvalue weighted by atomic mass is 32.3. The van der Waals surface area contributed by atoms with Gasteiger partial charge in [0.1, 0.15) is 0 Å². The zero-order valence-electron chi connectivity index (χ0n) is 16.9. The zero-order valence-corrected chi connectivity index (χ0v) is 17.7. The number of nitrogens with zero attached hydrogens (tertiary/aromatic N) is 2. The van der Waals surface area contributed by atoms with Gasteiger partial charge in [-0.3, -0.25) is 8.42 Å². The molecule has 0 saturated carbocycles. The van der Waals surface area contributed by atoms with Crippen LogP contribution in [0.4, 0.5) is 0 Å². The van der Waals surface area contributed by atoms with Gasteiger partial charge in [0.15, 0.2) is 37.9 Å². The van der Waals surface area contributed by atoms with E-state index in [4.69, 9.17) is 17.5 Å². The SMILES string of the molecule is O=S(=O)([O-])[O-].c1ccc(C[n+]2ccccc2)cc1.c1ccc(C[n+]2ccccc2)cc1. The highest BCUT2D eigenvalue weighted by Gasteiger charge is 1.99. The number of rotatable bonds is 4. The second-order valence-corrected chi connectivity index (χ2v) is 7.29. The van der Waals surface area contributed by atoms with Gasteiger partial charge in [0.2, 0.25) is 0 Å². The standard InChI is InChI=1S/2C12H12N.H2O4S/c2*1-3-7-12(8-4-1)11-13-9-5-2-6-10-13;1-5(2,3)4/h2*1-10H,11H2;(H2,1,2,3,4)/q2*+1;/p-2. The summed E-state index contributed by atoms with van der Waals surface area (Å²) in [5.41, 5.74) is 2.66. The third-order valence-electron chi connectivity index (χ3n) is 3.97. The van der Waals surface area contributed by atoms with E-state index in [0.717, 1.165) is 13.1 Å². The van der Waals surface area contributed by atoms with Gasteiger partial charge in [-0.2, -0.15) is 0 Å². The third kappa shape index (κ3) is 12.0. The highest BCUT2D eigenvalue weighted by Crippen LogP contribution is 1.97. The van der Waals surface area contributed by atoms with Gasteiger partial charge in [0.25, 0.3) is 0 Å². The number of hydrogen-bond acceptors (Lipinski definition) is 4. The van der Waals surface area contributed by atoms with Gasteiger partial charge in [-0.1, -0.05) is 72.8 Å². The summed E-state index contributed by atoms with van der Waals surface area (Å²) in [6, 6.07) is 33.1. The van der Waals surface area contributed by atoms with E-state index in [2.05, 4.69) is 82.5 Å². The Labute approximate surface area is 183 Å². The molecule has 0 aliphatic rings. The molecule has 160 valence electrons. The molecule has 0 N–H and O–H groups in total. The Morgan fingerprint density at radius 1 is 0.516 bits per heavy atom. The lowest BCUT2D eigenvalue weighted by Crippen LogP contribution is -2.32. The van der Waals surface area contributed by atoms with E-state index in [9.17, 15) is 0 Å². The molecule has 0 aliphatic carbocycles. The Morgan fingerprint density at radius 2 is 0.774 bits per heavy atom. The minimum Gasteiger partial charge on any atom is -0.759 e. The van der Waals surface area contributed by atoms with Crippen LogP contribution in [0.5, 0.6) is 0 Å². The molecular weight excluding hydrogens is 412 g/mol. The Bertz CT molecular complexity index is 933. The molecule has 7 heteroatoms. The summed E-state index contributed by atoms with van der Waals surface area (Å²) in [5, 5.41) is 0. The van der Waals surface area contributed by atoms with Crippen molar-refractivity contribution < 1.29 is 26.7 Å². The molecule has 2 heterocycles. The van der Waals surface area contributed by atoms with Crippen molar-refractivity contribution in [3.8, 4) is 0 Å². The second-order valence-electron chi connectivity index (χ2n) is 6.48. The Balaban J connectivity index is 0.000000182. The monoisotopic (exact) mass is 436 g/mol. The molecule has 0 radical (unpaired) electrons. The number of pyridine rings is 2. The number of aromatic nitrogens is 2. The molecule has 0 bridgehead atoms. The summed E-state index contributed by atoms with van der Waals surface area (Å²) in [4.78, 5) is 0. The van der Waals surface area contributed by atoms with Crippen LogP contribution in [0.15, 0.2) is 122 Å². The van der Waals surface area contributed by atoms with E-state index in [1.807, 2.05) is 48.5 Å². The van der Waals surface area contributed by atoms with Gasteiger partial charge in [0.05, 0.1) is 0 Å². The van der Waals surface area contributed by atoms with Crippen molar-refractivity contribution in [3.05, 3.63) is 133 Å². The lowest BCUT2D eigenvalue weighted by atomic mass is 10.2. The fourth-order valence-electron chi connectivity index (χ4n) is 2.67. The van der Waals surface area contributed by atoms with Gasteiger partial charge in [0, 0.05) is 45.8 Å². The molecule has 4 aromatic rings. The molecule has 31 heavy (non-hydrogen) atoms. The van der Waals surface area contributed by atoms with E-state index in [1.165, 1.54) is 11.1 Å². The first-order chi connectivity index (χ1) is 14.9. The maximum absolute atomic E-state index is 8.52. The average Bonchev–Trinajstić information content (AvgIpc) is 2.76. The molecule has 6 nitrogen and oxygen atoms in total. The topological polar surface area (TPSA) is 88.0 Å². The normalized spacial score (nSPS) is 10.1. The third-order valence-corrected chi connectivity index (χ3v) is 3.97. The molecule has 2 aromatic carbocycles. The molecule has 2 aromatic heterocycles. The van der Waals surface area contributed by atoms with Gasteiger partial charge < -0.3 is 9.11 Å². The number of benzene rings is 2. The molecular formula is C24H24N2O4S. The highest BCUT2D eigenvalue weighted by molar-refractivity contribution is 7.79. The van der Waals surface area contributed by atoms with Gasteiger partial charge in [-0.05, 0) is 0 Å². The first-order valence-corrected chi connectivity index (χ1v) is 10.9. The predicted octanol–water partition coefficient (Wildman–Crippen LogP) is 2.71. The molecule has 0 fully saturated rings. The maximum atomic E-state index is 8.52. The van der Waals surface area contributed by atoms with Crippen molar-refractivity contribution in [1.82, 2.24) is 0 Å². The summed E-state index contributed by atoms with van der Waals surface area (Å²) < 4.78 is 38.4. The number of hydrogen-bond donors (Lipinski definition) is 0. The van der Waals surface area contributed by atoms with E-state index in [0.29, 0.717) is 0 Å². The van der Waals surface area contributed by atoms with Crippen LogP contribution in [-0.4, -0.2) is 17.5 Å². The largest absolute Gasteiger partial charge is 0.759 e. The van der Waals surface area contributed by atoms with Gasteiger partial charge >= 0.3 is 0 Å². The van der Waals surface area contributed by atoms with E-state index in [-0.39, 0.29) is 0 Å². The van der Waals surface area contributed by atoms with Crippen LogP contribution in [0.3, 0.4) is 0 Å². The van der Waals surface area contributed by atoms with E-state index in [1.54, 1.807) is 0 Å². The summed E-state index contributed by atoms with van der Waals surface area (Å²) >= 11 is 0. The lowest BCUT2D eigenvalue weighted by Gasteiger charge is -2.06. The second kappa shape index (κ2) is 13.0. The molecule has 4 rings (SSSR count). The quantitative estimate of drug-likeness (QED) is 0.280. The zero-order chi connectivity index (χ0) is 22.4. The Morgan fingerprint density at radius 3 is 1.06 bits per heavy atom. The maximum Gasteiger partial charge on any atom is 0.173 e. The van der Waals surface area contributed by atoms with Crippen LogP contribution >= 0.6 is 0 Å².